The highest BCUT2D eigenvalue weighted by molar-refractivity contribution is 7.13. The molecule has 0 aliphatic rings. The molecule has 2 aromatic rings. The van der Waals surface area contributed by atoms with Crippen LogP contribution in [0.4, 0.5) is 0 Å². The maximum atomic E-state index is 5.43. The van der Waals surface area contributed by atoms with E-state index < -0.39 is 0 Å². The average Bonchev–Trinajstić information content (AvgIpc) is 2.85. The maximum Gasteiger partial charge on any atom is 0.142 e. The van der Waals surface area contributed by atoms with Crippen molar-refractivity contribution in [1.29, 1.82) is 0 Å². The minimum Gasteiger partial charge on any atom is -0.330 e. The first-order valence-corrected chi connectivity index (χ1v) is 6.54. The zero-order chi connectivity index (χ0) is 11.9. The molecule has 2 heterocycles. The van der Waals surface area contributed by atoms with Crippen LogP contribution in [-0.2, 0) is 6.54 Å². The molecule has 0 amide bonds. The van der Waals surface area contributed by atoms with E-state index in [1.165, 1.54) is 0 Å². The number of thiazole rings is 1. The first kappa shape index (κ1) is 12.2. The van der Waals surface area contributed by atoms with Crippen LogP contribution in [0.1, 0.15) is 12.1 Å². The summed E-state index contributed by atoms with van der Waals surface area (Å²) in [6.07, 6.45) is 2.78. The SMILES string of the molecule is NCCCNCc1csc(-c2ccccn2)n1. The van der Waals surface area contributed by atoms with Crippen LogP contribution in [0, 0.1) is 0 Å². The van der Waals surface area contributed by atoms with Gasteiger partial charge in [-0.2, -0.15) is 0 Å². The van der Waals surface area contributed by atoms with E-state index in [4.69, 9.17) is 5.73 Å². The molecule has 3 N–H and O–H groups in total. The summed E-state index contributed by atoms with van der Waals surface area (Å²) in [4.78, 5) is 8.82. The number of nitrogens with zero attached hydrogens (tertiary/aromatic N) is 2. The third-order valence-corrected chi connectivity index (χ3v) is 3.21. The topological polar surface area (TPSA) is 63.8 Å². The molecule has 0 fully saturated rings. The Morgan fingerprint density at radius 1 is 1.35 bits per heavy atom. The maximum absolute atomic E-state index is 5.43. The molecule has 2 rings (SSSR count). The summed E-state index contributed by atoms with van der Waals surface area (Å²) in [5.74, 6) is 0. The Kier molecular flexibility index (Phi) is 4.61. The van der Waals surface area contributed by atoms with Gasteiger partial charge in [0.15, 0.2) is 0 Å². The van der Waals surface area contributed by atoms with Gasteiger partial charge < -0.3 is 11.1 Å². The number of nitrogens with one attached hydrogen (secondary N) is 1. The molecule has 17 heavy (non-hydrogen) atoms. The molecule has 0 unspecified atom stereocenters. The molecule has 0 atom stereocenters. The van der Waals surface area contributed by atoms with Gasteiger partial charge in [-0.25, -0.2) is 4.98 Å². The summed E-state index contributed by atoms with van der Waals surface area (Å²) in [5, 5.41) is 6.35. The molecule has 0 radical (unpaired) electrons. The third kappa shape index (κ3) is 3.59. The zero-order valence-corrected chi connectivity index (χ0v) is 10.4. The van der Waals surface area contributed by atoms with Crippen molar-refractivity contribution in [2.45, 2.75) is 13.0 Å². The summed E-state index contributed by atoms with van der Waals surface area (Å²) >= 11 is 1.63. The number of aromatic nitrogens is 2. The van der Waals surface area contributed by atoms with Crippen LogP contribution in [0.2, 0.25) is 0 Å². The van der Waals surface area contributed by atoms with Gasteiger partial charge in [-0.3, -0.25) is 4.98 Å². The van der Waals surface area contributed by atoms with Gasteiger partial charge in [0.05, 0.1) is 11.4 Å². The van der Waals surface area contributed by atoms with Crippen LogP contribution in [0.3, 0.4) is 0 Å². The van der Waals surface area contributed by atoms with Crippen molar-refractivity contribution in [1.82, 2.24) is 15.3 Å². The Balaban J connectivity index is 1.92. The molecule has 0 aromatic carbocycles. The number of rotatable bonds is 6. The van der Waals surface area contributed by atoms with Crippen LogP contribution in [-0.4, -0.2) is 23.1 Å². The van der Waals surface area contributed by atoms with Gasteiger partial charge in [0, 0.05) is 18.1 Å². The van der Waals surface area contributed by atoms with Crippen molar-refractivity contribution in [2.24, 2.45) is 5.73 Å². The van der Waals surface area contributed by atoms with Gasteiger partial charge in [0.25, 0.3) is 0 Å². The third-order valence-electron chi connectivity index (χ3n) is 2.30. The Labute approximate surface area is 105 Å². The molecule has 0 saturated heterocycles. The van der Waals surface area contributed by atoms with E-state index in [9.17, 15) is 0 Å². The quantitative estimate of drug-likeness (QED) is 0.763. The van der Waals surface area contributed by atoms with Crippen molar-refractivity contribution in [3.8, 4) is 10.7 Å². The lowest BCUT2D eigenvalue weighted by Crippen LogP contribution is -2.17. The summed E-state index contributed by atoms with van der Waals surface area (Å²) < 4.78 is 0. The second-order valence-corrected chi connectivity index (χ2v) is 4.54. The first-order chi connectivity index (χ1) is 8.40. The molecule has 2 aromatic heterocycles. The van der Waals surface area contributed by atoms with E-state index >= 15 is 0 Å². The molecule has 0 saturated carbocycles. The van der Waals surface area contributed by atoms with Gasteiger partial charge in [0.2, 0.25) is 0 Å². The standard InChI is InChI=1S/C12H16N4S/c13-5-3-6-14-8-10-9-17-12(16-10)11-4-1-2-7-15-11/h1-2,4,7,9,14H,3,5-6,8,13H2. The number of hydrogen-bond acceptors (Lipinski definition) is 5. The van der Waals surface area contributed by atoms with Crippen LogP contribution >= 0.6 is 11.3 Å². The van der Waals surface area contributed by atoms with Crippen LogP contribution in [0.15, 0.2) is 29.8 Å². The molecule has 5 heteroatoms. The van der Waals surface area contributed by atoms with Crippen molar-refractivity contribution in [3.63, 3.8) is 0 Å². The second-order valence-electron chi connectivity index (χ2n) is 3.68. The van der Waals surface area contributed by atoms with Crippen molar-refractivity contribution in [3.05, 3.63) is 35.5 Å². The molecule has 0 spiro atoms. The lowest BCUT2D eigenvalue weighted by Gasteiger charge is -1.99. The van der Waals surface area contributed by atoms with Crippen molar-refractivity contribution >= 4 is 11.3 Å². The molecule has 4 nitrogen and oxygen atoms in total. The molecular weight excluding hydrogens is 232 g/mol. The van der Waals surface area contributed by atoms with Gasteiger partial charge in [0.1, 0.15) is 5.01 Å². The highest BCUT2D eigenvalue weighted by Crippen LogP contribution is 2.20. The molecule has 90 valence electrons. The predicted octanol–water partition coefficient (Wildman–Crippen LogP) is 1.64. The van der Waals surface area contributed by atoms with E-state index in [2.05, 4.69) is 20.7 Å². The first-order valence-electron chi connectivity index (χ1n) is 5.67. The van der Waals surface area contributed by atoms with E-state index in [-0.39, 0.29) is 0 Å². The lowest BCUT2D eigenvalue weighted by molar-refractivity contribution is 0.648. The number of hydrogen-bond donors (Lipinski definition) is 2. The molecule has 0 aliphatic carbocycles. The van der Waals surface area contributed by atoms with E-state index in [1.807, 2.05) is 18.2 Å². The van der Waals surface area contributed by atoms with E-state index in [0.29, 0.717) is 0 Å². The molecule has 0 aliphatic heterocycles. The molecular formula is C12H16N4S. The fraction of sp³-hybridized carbons (Fsp3) is 0.333. The minimum atomic E-state index is 0.725. The Hall–Kier alpha value is -1.30. The average molecular weight is 248 g/mol. The Morgan fingerprint density at radius 2 is 2.29 bits per heavy atom. The van der Waals surface area contributed by atoms with E-state index in [1.54, 1.807) is 17.5 Å². The van der Waals surface area contributed by atoms with E-state index in [0.717, 1.165) is 42.5 Å². The Bertz CT molecular complexity index is 441. The monoisotopic (exact) mass is 248 g/mol. The van der Waals surface area contributed by atoms with Crippen molar-refractivity contribution in [2.75, 3.05) is 13.1 Å². The second kappa shape index (κ2) is 6.44. The van der Waals surface area contributed by atoms with Gasteiger partial charge in [-0.1, -0.05) is 6.07 Å². The summed E-state index contributed by atoms with van der Waals surface area (Å²) in [6.45, 7) is 2.46. The zero-order valence-electron chi connectivity index (χ0n) is 9.60. The number of pyridine rings is 1. The highest BCUT2D eigenvalue weighted by atomic mass is 32.1. The minimum absolute atomic E-state index is 0.725. The summed E-state index contributed by atoms with van der Waals surface area (Å²) in [5.41, 5.74) is 7.42. The van der Waals surface area contributed by atoms with Gasteiger partial charge in [-0.05, 0) is 31.6 Å². The van der Waals surface area contributed by atoms with Crippen molar-refractivity contribution < 1.29 is 0 Å². The highest BCUT2D eigenvalue weighted by Gasteiger charge is 2.04. The van der Waals surface area contributed by atoms with Crippen LogP contribution in [0.25, 0.3) is 10.7 Å². The normalized spacial score (nSPS) is 10.6. The Morgan fingerprint density at radius 3 is 3.06 bits per heavy atom. The number of nitrogens with two attached hydrogens (primary N) is 1. The fourth-order valence-corrected chi connectivity index (χ4v) is 2.23. The largest absolute Gasteiger partial charge is 0.330 e. The molecule has 0 bridgehead atoms. The lowest BCUT2D eigenvalue weighted by atomic mass is 10.3. The van der Waals surface area contributed by atoms with Crippen LogP contribution in [0.5, 0.6) is 0 Å². The fourth-order valence-electron chi connectivity index (χ4n) is 1.44. The smallest absolute Gasteiger partial charge is 0.142 e. The van der Waals surface area contributed by atoms with Crippen LogP contribution < -0.4 is 11.1 Å². The predicted molar refractivity (Wildman–Crippen MR) is 70.7 cm³/mol. The van der Waals surface area contributed by atoms with Gasteiger partial charge in [-0.15, -0.1) is 11.3 Å². The summed E-state index contributed by atoms with van der Waals surface area (Å²) in [6, 6.07) is 5.86. The summed E-state index contributed by atoms with van der Waals surface area (Å²) in [7, 11) is 0. The van der Waals surface area contributed by atoms with Gasteiger partial charge >= 0.3 is 0 Å².